The minimum Gasteiger partial charge on any atom is -0.114 e. The second-order valence-electron chi connectivity index (χ2n) is 10.2. The maximum atomic E-state index is 7.62. The van der Waals surface area contributed by atoms with Crippen LogP contribution in [0.5, 0.6) is 0 Å². The largest absolute Gasteiger partial charge is 0.114 e. The summed E-state index contributed by atoms with van der Waals surface area (Å²) in [5, 5.41) is 0. The maximum absolute atomic E-state index is 7.62. The Labute approximate surface area is 201 Å². The van der Waals surface area contributed by atoms with Crippen LogP contribution in [0, 0.1) is 47.5 Å². The first-order valence-corrected chi connectivity index (χ1v) is 12.3. The predicted octanol–water partition coefficient (Wildman–Crippen LogP) is 8.87. The Morgan fingerprint density at radius 1 is 0.594 bits per heavy atom. The molecule has 0 amide bonds. The molecule has 0 N–H and O–H groups in total. The molecule has 0 nitrogen and oxygen atoms in total. The van der Waals surface area contributed by atoms with Gasteiger partial charge in [-0.15, -0.1) is 11.6 Å². The Balaban J connectivity index is 1.88. The van der Waals surface area contributed by atoms with Gasteiger partial charge in [-0.2, -0.15) is 0 Å². The molecule has 2 atom stereocenters. The first kappa shape index (κ1) is 24.6. The van der Waals surface area contributed by atoms with E-state index in [2.05, 4.69) is 103 Å². The van der Waals surface area contributed by atoms with Crippen molar-refractivity contribution in [3.63, 3.8) is 0 Å². The first-order chi connectivity index (χ1) is 15.0. The molecule has 0 fully saturated rings. The molecular weight excluding hydrogens is 408 g/mol. The average Bonchev–Trinajstić information content (AvgIpc) is 2.68. The molecular formula is C31H39Cl. The van der Waals surface area contributed by atoms with Gasteiger partial charge in [0.15, 0.2) is 0 Å². The third-order valence-corrected chi connectivity index (χ3v) is 7.47. The van der Waals surface area contributed by atoms with E-state index in [1.54, 1.807) is 0 Å². The smallest absolute Gasteiger partial charge is 0.0723 e. The Morgan fingerprint density at radius 2 is 0.969 bits per heavy atom. The summed E-state index contributed by atoms with van der Waals surface area (Å²) < 4.78 is 0. The van der Waals surface area contributed by atoms with Crippen molar-refractivity contribution in [2.24, 2.45) is 5.92 Å². The van der Waals surface area contributed by atoms with Crippen LogP contribution in [0.2, 0.25) is 0 Å². The molecule has 0 aliphatic heterocycles. The summed E-state index contributed by atoms with van der Waals surface area (Å²) in [5.41, 5.74) is 12.0. The van der Waals surface area contributed by atoms with Gasteiger partial charge in [0.1, 0.15) is 0 Å². The zero-order valence-corrected chi connectivity index (χ0v) is 21.7. The quantitative estimate of drug-likeness (QED) is 0.303. The van der Waals surface area contributed by atoms with E-state index in [1.165, 1.54) is 50.1 Å². The van der Waals surface area contributed by atoms with Gasteiger partial charge in [-0.3, -0.25) is 0 Å². The van der Waals surface area contributed by atoms with Crippen LogP contribution in [0.4, 0.5) is 0 Å². The van der Waals surface area contributed by atoms with Crippen LogP contribution < -0.4 is 0 Å². The average molecular weight is 447 g/mol. The van der Waals surface area contributed by atoms with Gasteiger partial charge in [-0.25, -0.2) is 0 Å². The number of halogens is 1. The highest BCUT2D eigenvalue weighted by Crippen LogP contribution is 2.44. The van der Waals surface area contributed by atoms with Crippen LogP contribution in [0.3, 0.4) is 0 Å². The SMILES string of the molecule is Cc1cc(C)cc(CCC(C)C(Cl)(CCc2cc(C)cc(C)c2)c2cc(C)cc(C)c2)c1. The van der Waals surface area contributed by atoms with E-state index in [-0.39, 0.29) is 4.87 Å². The lowest BCUT2D eigenvalue weighted by Crippen LogP contribution is -2.29. The molecule has 0 aromatic heterocycles. The van der Waals surface area contributed by atoms with Crippen LogP contribution in [0.25, 0.3) is 0 Å². The highest BCUT2D eigenvalue weighted by Gasteiger charge is 2.35. The molecule has 0 aliphatic carbocycles. The summed E-state index contributed by atoms with van der Waals surface area (Å²) in [5.74, 6) is 0.358. The molecule has 3 aromatic carbocycles. The summed E-state index contributed by atoms with van der Waals surface area (Å²) in [6.07, 6.45) is 4.07. The Kier molecular flexibility index (Phi) is 7.88. The zero-order valence-electron chi connectivity index (χ0n) is 21.0. The molecule has 3 aromatic rings. The van der Waals surface area contributed by atoms with E-state index in [0.29, 0.717) is 5.92 Å². The van der Waals surface area contributed by atoms with Crippen molar-refractivity contribution < 1.29 is 0 Å². The van der Waals surface area contributed by atoms with Gasteiger partial charge in [-0.1, -0.05) is 94.9 Å². The van der Waals surface area contributed by atoms with Crippen molar-refractivity contribution in [1.29, 1.82) is 0 Å². The Hall–Kier alpha value is -2.05. The van der Waals surface area contributed by atoms with Crippen molar-refractivity contribution >= 4 is 11.6 Å². The van der Waals surface area contributed by atoms with Crippen molar-refractivity contribution in [3.05, 3.63) is 105 Å². The molecule has 170 valence electrons. The van der Waals surface area contributed by atoms with Gasteiger partial charge >= 0.3 is 0 Å². The molecule has 3 rings (SSSR count). The second-order valence-corrected chi connectivity index (χ2v) is 10.8. The lowest BCUT2D eigenvalue weighted by Gasteiger charge is -2.35. The lowest BCUT2D eigenvalue weighted by atomic mass is 9.78. The van der Waals surface area contributed by atoms with Crippen LogP contribution >= 0.6 is 11.6 Å². The number of alkyl halides is 1. The van der Waals surface area contributed by atoms with Crippen LogP contribution in [0.15, 0.2) is 54.6 Å². The molecule has 0 radical (unpaired) electrons. The third kappa shape index (κ3) is 6.26. The van der Waals surface area contributed by atoms with Crippen LogP contribution in [-0.2, 0) is 17.7 Å². The highest BCUT2D eigenvalue weighted by atomic mass is 35.5. The normalized spacial score (nSPS) is 14.2. The zero-order chi connectivity index (χ0) is 23.5. The maximum Gasteiger partial charge on any atom is 0.0723 e. The van der Waals surface area contributed by atoms with E-state index in [9.17, 15) is 0 Å². The van der Waals surface area contributed by atoms with E-state index in [0.717, 1.165) is 25.7 Å². The Bertz CT molecular complexity index is 1020. The van der Waals surface area contributed by atoms with Crippen molar-refractivity contribution in [2.45, 2.75) is 79.0 Å². The van der Waals surface area contributed by atoms with Crippen molar-refractivity contribution in [1.82, 2.24) is 0 Å². The van der Waals surface area contributed by atoms with Crippen LogP contribution in [-0.4, -0.2) is 0 Å². The standard InChI is InChI=1S/C31H39Cl/c1-21-12-22(2)16-28(15-21)9-8-27(7)31(32,30-19-25(5)14-26(6)20-30)11-10-29-17-23(3)13-24(4)18-29/h12-20,27H,8-11H2,1-7H3. The van der Waals surface area contributed by atoms with Gasteiger partial charge in [0.2, 0.25) is 0 Å². The van der Waals surface area contributed by atoms with E-state index >= 15 is 0 Å². The van der Waals surface area contributed by atoms with Crippen molar-refractivity contribution in [2.75, 3.05) is 0 Å². The minimum absolute atomic E-state index is 0.358. The summed E-state index contributed by atoms with van der Waals surface area (Å²) in [7, 11) is 0. The molecule has 1 heteroatoms. The first-order valence-electron chi connectivity index (χ1n) is 12.0. The topological polar surface area (TPSA) is 0 Å². The number of aryl methyl sites for hydroxylation is 8. The number of hydrogen-bond acceptors (Lipinski definition) is 0. The monoisotopic (exact) mass is 446 g/mol. The van der Waals surface area contributed by atoms with Gasteiger partial charge in [-0.05, 0) is 89.8 Å². The summed E-state index contributed by atoms with van der Waals surface area (Å²) in [6.45, 7) is 15.4. The van der Waals surface area contributed by atoms with Gasteiger partial charge in [0.05, 0.1) is 4.87 Å². The predicted molar refractivity (Wildman–Crippen MR) is 141 cm³/mol. The molecule has 0 saturated carbocycles. The number of hydrogen-bond donors (Lipinski definition) is 0. The molecule has 32 heavy (non-hydrogen) atoms. The highest BCUT2D eigenvalue weighted by molar-refractivity contribution is 6.24. The minimum atomic E-state index is -0.382. The molecule has 0 spiro atoms. The summed E-state index contributed by atoms with van der Waals surface area (Å²) >= 11 is 7.62. The molecule has 0 aliphatic rings. The fourth-order valence-electron chi connectivity index (χ4n) is 5.25. The van der Waals surface area contributed by atoms with Gasteiger partial charge in [0, 0.05) is 0 Å². The molecule has 0 bridgehead atoms. The van der Waals surface area contributed by atoms with Crippen LogP contribution in [0.1, 0.15) is 69.8 Å². The molecule has 0 heterocycles. The van der Waals surface area contributed by atoms with E-state index in [4.69, 9.17) is 11.6 Å². The number of benzene rings is 3. The van der Waals surface area contributed by atoms with Gasteiger partial charge < -0.3 is 0 Å². The van der Waals surface area contributed by atoms with Crippen molar-refractivity contribution in [3.8, 4) is 0 Å². The lowest BCUT2D eigenvalue weighted by molar-refractivity contribution is 0.359. The molecule has 0 saturated heterocycles. The summed E-state index contributed by atoms with van der Waals surface area (Å²) in [4.78, 5) is -0.382. The third-order valence-electron chi connectivity index (χ3n) is 6.69. The Morgan fingerprint density at radius 3 is 1.41 bits per heavy atom. The summed E-state index contributed by atoms with van der Waals surface area (Å²) in [6, 6.07) is 20.6. The second kappa shape index (κ2) is 10.3. The fourth-order valence-corrected chi connectivity index (χ4v) is 5.57. The van der Waals surface area contributed by atoms with E-state index in [1.807, 2.05) is 0 Å². The fraction of sp³-hybridized carbons (Fsp3) is 0.419. The van der Waals surface area contributed by atoms with E-state index < -0.39 is 0 Å². The molecule has 2 unspecified atom stereocenters. The number of rotatable bonds is 8. The van der Waals surface area contributed by atoms with Gasteiger partial charge in [0.25, 0.3) is 0 Å².